The van der Waals surface area contributed by atoms with Gasteiger partial charge in [0.25, 0.3) is 0 Å². The van der Waals surface area contributed by atoms with E-state index < -0.39 is 0 Å². The SMILES string of the molecule is CCCNC(C)c1cccc(N2C(=O)CC(C)C2=O)c1. The fraction of sp³-hybridized carbons (Fsp3) is 0.500. The minimum Gasteiger partial charge on any atom is -0.310 e. The lowest BCUT2D eigenvalue weighted by atomic mass is 10.1. The molecular weight excluding hydrogens is 252 g/mol. The molecule has 4 nitrogen and oxygen atoms in total. The Morgan fingerprint density at radius 1 is 1.40 bits per heavy atom. The molecule has 1 saturated heterocycles. The lowest BCUT2D eigenvalue weighted by molar-refractivity contribution is -0.122. The quantitative estimate of drug-likeness (QED) is 0.840. The van der Waals surface area contributed by atoms with Crippen molar-refractivity contribution in [3.63, 3.8) is 0 Å². The van der Waals surface area contributed by atoms with Crippen molar-refractivity contribution in [2.24, 2.45) is 5.92 Å². The van der Waals surface area contributed by atoms with E-state index in [-0.39, 0.29) is 23.8 Å². The summed E-state index contributed by atoms with van der Waals surface area (Å²) in [4.78, 5) is 25.3. The summed E-state index contributed by atoms with van der Waals surface area (Å²) < 4.78 is 0. The highest BCUT2D eigenvalue weighted by Crippen LogP contribution is 2.28. The lowest BCUT2D eigenvalue weighted by Gasteiger charge is -2.18. The van der Waals surface area contributed by atoms with E-state index in [1.54, 1.807) is 6.92 Å². The van der Waals surface area contributed by atoms with Crippen molar-refractivity contribution >= 4 is 17.5 Å². The maximum absolute atomic E-state index is 12.1. The van der Waals surface area contributed by atoms with E-state index in [0.717, 1.165) is 18.5 Å². The van der Waals surface area contributed by atoms with Crippen LogP contribution in [0.1, 0.15) is 45.2 Å². The van der Waals surface area contributed by atoms with Gasteiger partial charge in [-0.1, -0.05) is 26.0 Å². The van der Waals surface area contributed by atoms with E-state index in [4.69, 9.17) is 0 Å². The highest BCUT2D eigenvalue weighted by atomic mass is 16.2. The van der Waals surface area contributed by atoms with Crippen LogP contribution in [-0.2, 0) is 9.59 Å². The molecule has 1 aliphatic heterocycles. The van der Waals surface area contributed by atoms with Crippen molar-refractivity contribution in [3.8, 4) is 0 Å². The standard InChI is InChI=1S/C16H22N2O2/c1-4-8-17-12(3)13-6-5-7-14(10-13)18-15(19)9-11(2)16(18)20/h5-7,10-12,17H,4,8-9H2,1-3H3. The van der Waals surface area contributed by atoms with Gasteiger partial charge in [0.2, 0.25) is 11.8 Å². The molecule has 0 saturated carbocycles. The molecule has 1 fully saturated rings. The second-order valence-electron chi connectivity index (χ2n) is 5.44. The van der Waals surface area contributed by atoms with E-state index in [2.05, 4.69) is 19.2 Å². The van der Waals surface area contributed by atoms with Crippen molar-refractivity contribution in [2.75, 3.05) is 11.4 Å². The summed E-state index contributed by atoms with van der Waals surface area (Å²) in [5, 5.41) is 3.41. The van der Waals surface area contributed by atoms with Crippen molar-refractivity contribution < 1.29 is 9.59 Å². The lowest BCUT2D eigenvalue weighted by Crippen LogP contribution is -2.30. The molecule has 2 rings (SSSR count). The predicted molar refractivity (Wildman–Crippen MR) is 79.4 cm³/mol. The second kappa shape index (κ2) is 6.18. The van der Waals surface area contributed by atoms with Gasteiger partial charge in [-0.15, -0.1) is 0 Å². The first kappa shape index (κ1) is 14.7. The summed E-state index contributed by atoms with van der Waals surface area (Å²) >= 11 is 0. The van der Waals surface area contributed by atoms with Gasteiger partial charge in [0.05, 0.1) is 5.69 Å². The maximum Gasteiger partial charge on any atom is 0.237 e. The number of carbonyl (C=O) groups is 2. The smallest absolute Gasteiger partial charge is 0.237 e. The van der Waals surface area contributed by atoms with Gasteiger partial charge in [-0.3, -0.25) is 14.5 Å². The summed E-state index contributed by atoms with van der Waals surface area (Å²) in [6, 6.07) is 7.88. The van der Waals surface area contributed by atoms with Gasteiger partial charge in [0.1, 0.15) is 0 Å². The Morgan fingerprint density at radius 2 is 2.15 bits per heavy atom. The summed E-state index contributed by atoms with van der Waals surface area (Å²) in [6.45, 7) is 6.96. The molecule has 0 spiro atoms. The fourth-order valence-corrected chi connectivity index (χ4v) is 2.47. The molecule has 2 atom stereocenters. The van der Waals surface area contributed by atoms with Crippen LogP contribution in [0.3, 0.4) is 0 Å². The van der Waals surface area contributed by atoms with E-state index >= 15 is 0 Å². The predicted octanol–water partition coefficient (Wildman–Crippen LogP) is 2.65. The number of nitrogens with zero attached hydrogens (tertiary/aromatic N) is 1. The molecular formula is C16H22N2O2. The van der Waals surface area contributed by atoms with Crippen molar-refractivity contribution in [1.29, 1.82) is 0 Å². The zero-order chi connectivity index (χ0) is 14.7. The topological polar surface area (TPSA) is 49.4 Å². The number of imide groups is 1. The molecule has 1 N–H and O–H groups in total. The Hall–Kier alpha value is -1.68. The second-order valence-corrected chi connectivity index (χ2v) is 5.44. The van der Waals surface area contributed by atoms with Gasteiger partial charge in [0, 0.05) is 18.4 Å². The molecule has 20 heavy (non-hydrogen) atoms. The van der Waals surface area contributed by atoms with Crippen LogP contribution in [0.4, 0.5) is 5.69 Å². The summed E-state index contributed by atoms with van der Waals surface area (Å²) in [5.41, 5.74) is 1.78. The molecule has 108 valence electrons. The van der Waals surface area contributed by atoms with Crippen LogP contribution in [0.5, 0.6) is 0 Å². The Bertz CT molecular complexity index is 513. The van der Waals surface area contributed by atoms with Crippen LogP contribution < -0.4 is 10.2 Å². The average molecular weight is 274 g/mol. The Labute approximate surface area is 120 Å². The monoisotopic (exact) mass is 274 g/mol. The molecule has 0 bridgehead atoms. The highest BCUT2D eigenvalue weighted by Gasteiger charge is 2.36. The number of benzene rings is 1. The minimum absolute atomic E-state index is 0.0960. The van der Waals surface area contributed by atoms with Gasteiger partial charge in [-0.25, -0.2) is 0 Å². The molecule has 1 aromatic rings. The van der Waals surface area contributed by atoms with Crippen LogP contribution in [0.15, 0.2) is 24.3 Å². The number of anilines is 1. The fourth-order valence-electron chi connectivity index (χ4n) is 2.47. The summed E-state index contributed by atoms with van der Waals surface area (Å²) in [5.74, 6) is -0.406. The zero-order valence-corrected chi connectivity index (χ0v) is 12.3. The van der Waals surface area contributed by atoms with Crippen LogP contribution >= 0.6 is 0 Å². The number of rotatable bonds is 5. The molecule has 0 aliphatic carbocycles. The highest BCUT2D eigenvalue weighted by molar-refractivity contribution is 6.20. The third-order valence-corrected chi connectivity index (χ3v) is 3.70. The van der Waals surface area contributed by atoms with Gasteiger partial charge in [-0.2, -0.15) is 0 Å². The van der Waals surface area contributed by atoms with Crippen LogP contribution in [0.25, 0.3) is 0 Å². The third-order valence-electron chi connectivity index (χ3n) is 3.70. The van der Waals surface area contributed by atoms with Crippen molar-refractivity contribution in [2.45, 2.75) is 39.7 Å². The van der Waals surface area contributed by atoms with E-state index in [0.29, 0.717) is 12.1 Å². The summed E-state index contributed by atoms with van der Waals surface area (Å²) in [6.07, 6.45) is 1.39. The first-order chi connectivity index (χ1) is 9.54. The first-order valence-corrected chi connectivity index (χ1v) is 7.24. The Kier molecular flexibility index (Phi) is 4.55. The molecule has 2 amide bonds. The van der Waals surface area contributed by atoms with E-state index in [9.17, 15) is 9.59 Å². The largest absolute Gasteiger partial charge is 0.310 e. The van der Waals surface area contributed by atoms with Crippen molar-refractivity contribution in [3.05, 3.63) is 29.8 Å². The van der Waals surface area contributed by atoms with Gasteiger partial charge >= 0.3 is 0 Å². The van der Waals surface area contributed by atoms with E-state index in [1.165, 1.54) is 4.90 Å². The number of carbonyl (C=O) groups excluding carboxylic acids is 2. The molecule has 4 heteroatoms. The van der Waals surface area contributed by atoms with Gasteiger partial charge < -0.3 is 5.32 Å². The molecule has 1 aromatic carbocycles. The van der Waals surface area contributed by atoms with Crippen molar-refractivity contribution in [1.82, 2.24) is 5.32 Å². The van der Waals surface area contributed by atoms with Crippen LogP contribution in [0, 0.1) is 5.92 Å². The first-order valence-electron chi connectivity index (χ1n) is 7.24. The Balaban J connectivity index is 2.21. The minimum atomic E-state index is -0.207. The number of amides is 2. The zero-order valence-electron chi connectivity index (χ0n) is 12.3. The molecule has 0 radical (unpaired) electrons. The van der Waals surface area contributed by atoms with Crippen LogP contribution in [-0.4, -0.2) is 18.4 Å². The summed E-state index contributed by atoms with van der Waals surface area (Å²) in [7, 11) is 0. The van der Waals surface area contributed by atoms with E-state index in [1.807, 2.05) is 24.3 Å². The molecule has 1 heterocycles. The maximum atomic E-state index is 12.1. The Morgan fingerprint density at radius 3 is 2.75 bits per heavy atom. The average Bonchev–Trinajstić information content (AvgIpc) is 2.69. The number of nitrogens with one attached hydrogen (secondary N) is 1. The third kappa shape index (κ3) is 2.90. The molecule has 0 aromatic heterocycles. The normalized spacial score (nSPS) is 20.6. The van der Waals surface area contributed by atoms with Gasteiger partial charge in [-0.05, 0) is 37.6 Å². The molecule has 1 aliphatic rings. The van der Waals surface area contributed by atoms with Gasteiger partial charge in [0.15, 0.2) is 0 Å². The number of hydrogen-bond acceptors (Lipinski definition) is 3. The number of hydrogen-bond donors (Lipinski definition) is 1. The molecule has 2 unspecified atom stereocenters. The van der Waals surface area contributed by atoms with Crippen LogP contribution in [0.2, 0.25) is 0 Å².